The number of nitrogens with zero attached hydrogens (tertiary/aromatic N) is 5. The van der Waals surface area contributed by atoms with Crippen molar-refractivity contribution >= 4 is 11.9 Å². The van der Waals surface area contributed by atoms with Gasteiger partial charge in [-0.2, -0.15) is 4.68 Å². The number of hydrogen-bond acceptors (Lipinski definition) is 6. The van der Waals surface area contributed by atoms with E-state index in [1.807, 2.05) is 30.3 Å². The van der Waals surface area contributed by atoms with Gasteiger partial charge in [0.25, 0.3) is 5.91 Å². The average molecular weight is 395 g/mol. The largest absolute Gasteiger partial charge is 0.494 e. The Balaban J connectivity index is 1.87. The Bertz CT molecular complexity index is 960. The molecule has 1 N–H and O–H groups in total. The minimum absolute atomic E-state index is 0.00292. The standard InChI is InChI=1S/C20H21N5O4/c1-29-18-10-9-16(12-17(18)25-14-21-22-23-25)20(28)24(11-5-8-19(26)27)13-15-6-3-2-4-7-15/h2-4,6-7,9-10,12,14H,5,8,11,13H2,1H3,(H,26,27). The summed E-state index contributed by atoms with van der Waals surface area (Å²) in [6.07, 6.45) is 1.78. The van der Waals surface area contributed by atoms with E-state index in [4.69, 9.17) is 9.84 Å². The molecular formula is C20H21N5O4. The number of benzene rings is 2. The Morgan fingerprint density at radius 1 is 1.17 bits per heavy atom. The van der Waals surface area contributed by atoms with Crippen LogP contribution in [0.4, 0.5) is 0 Å². The minimum Gasteiger partial charge on any atom is -0.494 e. The molecule has 0 fully saturated rings. The van der Waals surface area contributed by atoms with Crippen LogP contribution in [-0.2, 0) is 11.3 Å². The van der Waals surface area contributed by atoms with E-state index in [0.29, 0.717) is 36.5 Å². The minimum atomic E-state index is -0.887. The number of amides is 1. The van der Waals surface area contributed by atoms with Crippen molar-refractivity contribution in [2.24, 2.45) is 0 Å². The first kappa shape index (κ1) is 20.0. The third kappa shape index (κ3) is 5.16. The smallest absolute Gasteiger partial charge is 0.303 e. The van der Waals surface area contributed by atoms with Gasteiger partial charge < -0.3 is 14.7 Å². The third-order valence-corrected chi connectivity index (χ3v) is 4.34. The molecule has 0 radical (unpaired) electrons. The van der Waals surface area contributed by atoms with Gasteiger partial charge in [0.2, 0.25) is 0 Å². The average Bonchev–Trinajstić information content (AvgIpc) is 3.27. The van der Waals surface area contributed by atoms with Crippen LogP contribution in [0.25, 0.3) is 5.69 Å². The fourth-order valence-electron chi connectivity index (χ4n) is 2.93. The Hall–Kier alpha value is -3.75. The van der Waals surface area contributed by atoms with E-state index in [0.717, 1.165) is 5.56 Å². The lowest BCUT2D eigenvalue weighted by molar-refractivity contribution is -0.137. The summed E-state index contributed by atoms with van der Waals surface area (Å²) >= 11 is 0. The van der Waals surface area contributed by atoms with Crippen LogP contribution >= 0.6 is 0 Å². The second kappa shape index (κ2) is 9.45. The quantitative estimate of drug-likeness (QED) is 0.591. The maximum Gasteiger partial charge on any atom is 0.303 e. The number of carbonyl (C=O) groups is 2. The number of aromatic nitrogens is 4. The van der Waals surface area contributed by atoms with Gasteiger partial charge in [-0.15, -0.1) is 5.10 Å². The second-order valence-electron chi connectivity index (χ2n) is 6.35. The van der Waals surface area contributed by atoms with Crippen LogP contribution in [0.5, 0.6) is 5.75 Å². The molecule has 0 atom stereocenters. The Morgan fingerprint density at radius 3 is 2.62 bits per heavy atom. The number of aliphatic carboxylic acids is 1. The predicted octanol–water partition coefficient (Wildman–Crippen LogP) is 2.18. The Kier molecular flexibility index (Phi) is 6.51. The molecule has 1 amide bonds. The van der Waals surface area contributed by atoms with Crippen LogP contribution in [0.2, 0.25) is 0 Å². The molecule has 0 unspecified atom stereocenters. The molecule has 0 aliphatic heterocycles. The summed E-state index contributed by atoms with van der Waals surface area (Å²) in [6, 6.07) is 14.6. The van der Waals surface area contributed by atoms with Crippen LogP contribution in [0.3, 0.4) is 0 Å². The highest BCUT2D eigenvalue weighted by Gasteiger charge is 2.19. The summed E-state index contributed by atoms with van der Waals surface area (Å²) in [5.41, 5.74) is 1.93. The van der Waals surface area contributed by atoms with Crippen LogP contribution in [0, 0.1) is 0 Å². The molecule has 0 spiro atoms. The van der Waals surface area contributed by atoms with Crippen LogP contribution in [0.15, 0.2) is 54.9 Å². The predicted molar refractivity (Wildman–Crippen MR) is 104 cm³/mol. The summed E-state index contributed by atoms with van der Waals surface area (Å²) in [5.74, 6) is -0.576. The first-order chi connectivity index (χ1) is 14.1. The normalized spacial score (nSPS) is 10.5. The van der Waals surface area contributed by atoms with Gasteiger partial charge in [0.15, 0.2) is 0 Å². The molecule has 1 heterocycles. The highest BCUT2D eigenvalue weighted by atomic mass is 16.5. The zero-order chi connectivity index (χ0) is 20.6. The van der Waals surface area contributed by atoms with E-state index in [1.165, 1.54) is 18.1 Å². The molecule has 0 bridgehead atoms. The van der Waals surface area contributed by atoms with Crippen molar-refractivity contribution in [3.63, 3.8) is 0 Å². The number of carboxylic acid groups (broad SMARTS) is 1. The maximum atomic E-state index is 13.2. The molecular weight excluding hydrogens is 374 g/mol. The highest BCUT2D eigenvalue weighted by molar-refractivity contribution is 5.95. The van der Waals surface area contributed by atoms with Crippen molar-refractivity contribution in [1.29, 1.82) is 0 Å². The molecule has 3 aromatic rings. The van der Waals surface area contributed by atoms with Crippen molar-refractivity contribution < 1.29 is 19.4 Å². The fourth-order valence-corrected chi connectivity index (χ4v) is 2.93. The molecule has 3 rings (SSSR count). The molecule has 2 aromatic carbocycles. The molecule has 29 heavy (non-hydrogen) atoms. The first-order valence-corrected chi connectivity index (χ1v) is 9.05. The maximum absolute atomic E-state index is 13.2. The summed E-state index contributed by atoms with van der Waals surface area (Å²) in [7, 11) is 1.53. The Morgan fingerprint density at radius 2 is 1.97 bits per heavy atom. The number of tetrazole rings is 1. The third-order valence-electron chi connectivity index (χ3n) is 4.34. The summed E-state index contributed by atoms with van der Waals surface area (Å²) < 4.78 is 6.76. The van der Waals surface area contributed by atoms with Crippen LogP contribution < -0.4 is 4.74 Å². The van der Waals surface area contributed by atoms with Gasteiger partial charge in [-0.1, -0.05) is 30.3 Å². The number of rotatable bonds is 9. The van der Waals surface area contributed by atoms with E-state index in [9.17, 15) is 9.59 Å². The van der Waals surface area contributed by atoms with Crippen LogP contribution in [-0.4, -0.2) is 55.7 Å². The fraction of sp³-hybridized carbons (Fsp3) is 0.250. The highest BCUT2D eigenvalue weighted by Crippen LogP contribution is 2.24. The van der Waals surface area contributed by atoms with Crippen molar-refractivity contribution in [1.82, 2.24) is 25.1 Å². The molecule has 0 saturated heterocycles. The Labute approximate surface area is 167 Å². The molecule has 1 aromatic heterocycles. The van der Waals surface area contributed by atoms with E-state index in [-0.39, 0.29) is 12.3 Å². The molecule has 9 nitrogen and oxygen atoms in total. The van der Waals surface area contributed by atoms with E-state index >= 15 is 0 Å². The van der Waals surface area contributed by atoms with Gasteiger partial charge in [-0.3, -0.25) is 9.59 Å². The monoisotopic (exact) mass is 395 g/mol. The van der Waals surface area contributed by atoms with Crippen molar-refractivity contribution in [3.8, 4) is 11.4 Å². The van der Waals surface area contributed by atoms with Crippen molar-refractivity contribution in [2.75, 3.05) is 13.7 Å². The lowest BCUT2D eigenvalue weighted by atomic mass is 10.1. The summed E-state index contributed by atoms with van der Waals surface area (Å²) in [4.78, 5) is 25.8. The second-order valence-corrected chi connectivity index (χ2v) is 6.35. The SMILES string of the molecule is COc1ccc(C(=O)N(CCCC(=O)O)Cc2ccccc2)cc1-n1cnnn1. The lowest BCUT2D eigenvalue weighted by Gasteiger charge is -2.23. The lowest BCUT2D eigenvalue weighted by Crippen LogP contribution is -2.32. The topological polar surface area (TPSA) is 110 Å². The molecule has 0 saturated carbocycles. The van der Waals surface area contributed by atoms with Crippen LogP contribution in [0.1, 0.15) is 28.8 Å². The van der Waals surface area contributed by atoms with E-state index in [2.05, 4.69) is 15.5 Å². The number of carbonyl (C=O) groups excluding carboxylic acids is 1. The van der Waals surface area contributed by atoms with Gasteiger partial charge in [0, 0.05) is 25.1 Å². The first-order valence-electron chi connectivity index (χ1n) is 9.05. The zero-order valence-electron chi connectivity index (χ0n) is 15.9. The van der Waals surface area contributed by atoms with Gasteiger partial charge in [-0.05, 0) is 40.6 Å². The van der Waals surface area contributed by atoms with Crippen molar-refractivity contribution in [3.05, 3.63) is 66.0 Å². The molecule has 0 aliphatic rings. The van der Waals surface area contributed by atoms with Gasteiger partial charge in [0.1, 0.15) is 17.8 Å². The molecule has 0 aliphatic carbocycles. The van der Waals surface area contributed by atoms with Gasteiger partial charge in [-0.25, -0.2) is 0 Å². The van der Waals surface area contributed by atoms with Crippen molar-refractivity contribution in [2.45, 2.75) is 19.4 Å². The van der Waals surface area contributed by atoms with E-state index in [1.54, 1.807) is 23.1 Å². The summed E-state index contributed by atoms with van der Waals surface area (Å²) in [5, 5.41) is 20.0. The number of methoxy groups -OCH3 is 1. The van der Waals surface area contributed by atoms with Gasteiger partial charge >= 0.3 is 5.97 Å². The van der Waals surface area contributed by atoms with Gasteiger partial charge in [0.05, 0.1) is 7.11 Å². The molecule has 150 valence electrons. The number of carboxylic acids is 1. The zero-order valence-corrected chi connectivity index (χ0v) is 15.9. The number of ether oxygens (including phenoxy) is 1. The molecule has 9 heteroatoms. The summed E-state index contributed by atoms with van der Waals surface area (Å²) in [6.45, 7) is 0.706. The number of hydrogen-bond donors (Lipinski definition) is 1. The van der Waals surface area contributed by atoms with E-state index < -0.39 is 5.97 Å².